The third-order valence-electron chi connectivity index (χ3n) is 3.52. The van der Waals surface area contributed by atoms with Crippen molar-refractivity contribution in [3.8, 4) is 0 Å². The lowest BCUT2D eigenvalue weighted by Crippen LogP contribution is -2.33. The van der Waals surface area contributed by atoms with Gasteiger partial charge >= 0.3 is 6.18 Å². The van der Waals surface area contributed by atoms with Crippen molar-refractivity contribution in [1.82, 2.24) is 4.72 Å². The van der Waals surface area contributed by atoms with Crippen LogP contribution in [0.4, 0.5) is 18.9 Å². The first kappa shape index (κ1) is 19.9. The van der Waals surface area contributed by atoms with Crippen molar-refractivity contribution < 1.29 is 26.4 Å². The molecule has 2 aromatic carbocycles. The summed E-state index contributed by atoms with van der Waals surface area (Å²) < 4.78 is 61.5. The van der Waals surface area contributed by atoms with Crippen molar-refractivity contribution in [2.75, 3.05) is 11.9 Å². The lowest BCUT2D eigenvalue weighted by Gasteiger charge is -2.10. The highest BCUT2D eigenvalue weighted by atomic mass is 32.2. The van der Waals surface area contributed by atoms with Gasteiger partial charge in [0.05, 0.1) is 11.3 Å². The maximum Gasteiger partial charge on any atom is 0.402 e. The van der Waals surface area contributed by atoms with E-state index in [1.54, 1.807) is 0 Å². The molecule has 0 aliphatic heterocycles. The van der Waals surface area contributed by atoms with Crippen molar-refractivity contribution in [2.45, 2.75) is 24.4 Å². The van der Waals surface area contributed by atoms with Crippen LogP contribution in [-0.2, 0) is 21.2 Å². The molecule has 0 bridgehead atoms. The summed E-state index contributed by atoms with van der Waals surface area (Å²) in [7, 11) is -4.28. The number of benzene rings is 2. The summed E-state index contributed by atoms with van der Waals surface area (Å²) in [6.07, 6.45) is -4.49. The second-order valence-corrected chi connectivity index (χ2v) is 7.38. The van der Waals surface area contributed by atoms with Gasteiger partial charge in [-0.05, 0) is 42.3 Å². The first-order valence-corrected chi connectivity index (χ1v) is 9.06. The number of carbonyl (C=O) groups is 1. The van der Waals surface area contributed by atoms with Crippen molar-refractivity contribution in [2.24, 2.45) is 0 Å². The fourth-order valence-electron chi connectivity index (χ4n) is 2.16. The molecule has 1 amide bonds. The number of rotatable bonds is 6. The Kier molecular flexibility index (Phi) is 6.04. The van der Waals surface area contributed by atoms with Crippen molar-refractivity contribution in [3.05, 3.63) is 59.7 Å². The monoisotopic (exact) mass is 386 g/mol. The van der Waals surface area contributed by atoms with Crippen molar-refractivity contribution >= 4 is 21.6 Å². The number of sulfonamides is 1. The molecule has 140 valence electrons. The first-order chi connectivity index (χ1) is 12.1. The van der Waals surface area contributed by atoms with E-state index in [1.165, 1.54) is 16.9 Å². The van der Waals surface area contributed by atoms with Crippen LogP contribution in [0.2, 0.25) is 0 Å². The molecular formula is C17H17F3N2O3S. The molecule has 0 unspecified atom stereocenters. The second-order valence-electron chi connectivity index (χ2n) is 5.62. The minimum atomic E-state index is -4.64. The van der Waals surface area contributed by atoms with E-state index < -0.39 is 22.7 Å². The summed E-state index contributed by atoms with van der Waals surface area (Å²) >= 11 is 0. The molecule has 9 heteroatoms. The van der Waals surface area contributed by atoms with Gasteiger partial charge in [0.1, 0.15) is 6.54 Å². The van der Waals surface area contributed by atoms with Gasteiger partial charge < -0.3 is 5.32 Å². The molecule has 0 heterocycles. The minimum absolute atomic E-state index is 0.153. The molecule has 0 saturated heterocycles. The molecule has 0 radical (unpaired) electrons. The van der Waals surface area contributed by atoms with E-state index in [-0.39, 0.29) is 17.2 Å². The number of anilines is 1. The molecule has 0 aromatic heterocycles. The van der Waals surface area contributed by atoms with Crippen LogP contribution in [0.25, 0.3) is 0 Å². The van der Waals surface area contributed by atoms with E-state index in [0.29, 0.717) is 5.69 Å². The number of aryl methyl sites for hydroxylation is 1. The Bertz CT molecular complexity index is 879. The Hall–Kier alpha value is -2.39. The summed E-state index contributed by atoms with van der Waals surface area (Å²) in [6, 6.07) is 12.3. The maximum absolute atomic E-state index is 12.1. The highest BCUT2D eigenvalue weighted by molar-refractivity contribution is 7.89. The van der Waals surface area contributed by atoms with Crippen LogP contribution in [0.15, 0.2) is 53.4 Å². The highest BCUT2D eigenvalue weighted by Gasteiger charge is 2.30. The quantitative estimate of drug-likeness (QED) is 0.801. The fraction of sp³-hybridized carbons (Fsp3) is 0.235. The zero-order valence-corrected chi connectivity index (χ0v) is 14.6. The normalized spacial score (nSPS) is 12.0. The predicted molar refractivity (Wildman–Crippen MR) is 91.2 cm³/mol. The van der Waals surface area contributed by atoms with Gasteiger partial charge in [0.2, 0.25) is 15.9 Å². The number of nitrogens with one attached hydrogen (secondary N) is 2. The third kappa shape index (κ3) is 5.85. The van der Waals surface area contributed by atoms with Crippen LogP contribution in [0.3, 0.4) is 0 Å². The Labute approximate surface area is 149 Å². The number of hydrogen-bond acceptors (Lipinski definition) is 3. The van der Waals surface area contributed by atoms with Gasteiger partial charge in [0, 0.05) is 5.69 Å². The topological polar surface area (TPSA) is 75.3 Å². The van der Waals surface area contributed by atoms with Crippen LogP contribution in [0.1, 0.15) is 11.1 Å². The highest BCUT2D eigenvalue weighted by Crippen LogP contribution is 2.17. The fourth-order valence-corrected chi connectivity index (χ4v) is 3.18. The molecule has 0 aliphatic carbocycles. The van der Waals surface area contributed by atoms with E-state index >= 15 is 0 Å². The van der Waals surface area contributed by atoms with Gasteiger partial charge in [-0.15, -0.1) is 0 Å². The Morgan fingerprint density at radius 3 is 2.23 bits per heavy atom. The van der Waals surface area contributed by atoms with Crippen molar-refractivity contribution in [3.63, 3.8) is 0 Å². The third-order valence-corrected chi connectivity index (χ3v) is 4.94. The van der Waals surface area contributed by atoms with E-state index in [9.17, 15) is 26.4 Å². The summed E-state index contributed by atoms with van der Waals surface area (Å²) in [5.74, 6) is -0.287. The molecule has 0 fully saturated rings. The molecule has 2 rings (SSSR count). The van der Waals surface area contributed by atoms with E-state index in [0.717, 1.165) is 23.3 Å². The Morgan fingerprint density at radius 2 is 1.65 bits per heavy atom. The molecule has 2 N–H and O–H groups in total. The summed E-state index contributed by atoms with van der Waals surface area (Å²) in [4.78, 5) is 11.7. The average molecular weight is 386 g/mol. The average Bonchev–Trinajstić information content (AvgIpc) is 2.55. The predicted octanol–water partition coefficient (Wildman–Crippen LogP) is 3.02. The first-order valence-electron chi connectivity index (χ1n) is 7.58. The van der Waals surface area contributed by atoms with Crippen LogP contribution in [0.5, 0.6) is 0 Å². The summed E-state index contributed by atoms with van der Waals surface area (Å²) in [6.45, 7) is 0.237. The van der Waals surface area contributed by atoms with Crippen LogP contribution in [0, 0.1) is 6.92 Å². The van der Waals surface area contributed by atoms with Gasteiger partial charge in [0.25, 0.3) is 0 Å². The summed E-state index contributed by atoms with van der Waals surface area (Å²) in [5, 5.41) is 2.62. The number of alkyl halides is 3. The standard InChI is InChI=1S/C17H17F3N2O3S/c1-12-4-2-3-5-13(12)10-16(23)22-14-6-8-15(9-7-14)26(24,25)21-11-17(18,19)20/h2-9,21H,10-11H2,1H3,(H,22,23). The number of hydrogen-bond donors (Lipinski definition) is 2. The van der Waals surface area contributed by atoms with Gasteiger partial charge in [-0.3, -0.25) is 4.79 Å². The molecule has 26 heavy (non-hydrogen) atoms. The van der Waals surface area contributed by atoms with E-state index in [2.05, 4.69) is 5.32 Å². The summed E-state index contributed by atoms with van der Waals surface area (Å²) in [5.41, 5.74) is 2.18. The molecular weight excluding hydrogens is 369 g/mol. The molecule has 0 aliphatic rings. The zero-order valence-electron chi connectivity index (χ0n) is 13.8. The molecule has 0 spiro atoms. The number of halogens is 3. The molecule has 5 nitrogen and oxygen atoms in total. The van der Waals surface area contributed by atoms with Gasteiger partial charge in [-0.1, -0.05) is 24.3 Å². The lowest BCUT2D eigenvalue weighted by molar-refractivity contribution is -0.121. The van der Waals surface area contributed by atoms with E-state index in [4.69, 9.17) is 0 Å². The SMILES string of the molecule is Cc1ccccc1CC(=O)Nc1ccc(S(=O)(=O)NCC(F)(F)F)cc1. The van der Waals surface area contributed by atoms with Crippen LogP contribution >= 0.6 is 0 Å². The molecule has 0 saturated carbocycles. The van der Waals surface area contributed by atoms with Crippen LogP contribution < -0.4 is 10.0 Å². The largest absolute Gasteiger partial charge is 0.402 e. The smallest absolute Gasteiger partial charge is 0.326 e. The Balaban J connectivity index is 2.01. The molecule has 2 aromatic rings. The number of amides is 1. The maximum atomic E-state index is 12.1. The second kappa shape index (κ2) is 7.88. The van der Waals surface area contributed by atoms with Crippen molar-refractivity contribution in [1.29, 1.82) is 0 Å². The minimum Gasteiger partial charge on any atom is -0.326 e. The lowest BCUT2D eigenvalue weighted by atomic mass is 10.1. The van der Waals surface area contributed by atoms with Gasteiger partial charge in [-0.2, -0.15) is 13.2 Å². The number of carbonyl (C=O) groups excluding carboxylic acids is 1. The molecule has 0 atom stereocenters. The van der Waals surface area contributed by atoms with E-state index in [1.807, 2.05) is 31.2 Å². The van der Waals surface area contributed by atoms with Crippen LogP contribution in [-0.4, -0.2) is 27.0 Å². The van der Waals surface area contributed by atoms with Gasteiger partial charge in [-0.25, -0.2) is 13.1 Å². The zero-order chi connectivity index (χ0) is 19.4. The van der Waals surface area contributed by atoms with Gasteiger partial charge in [0.15, 0.2) is 0 Å². The Morgan fingerprint density at radius 1 is 1.04 bits per heavy atom.